The number of anilines is 1. The molecule has 17 heteroatoms. The van der Waals surface area contributed by atoms with E-state index >= 15 is 0 Å². The van der Waals surface area contributed by atoms with E-state index in [1.807, 2.05) is 81.4 Å². The van der Waals surface area contributed by atoms with Gasteiger partial charge in [0.05, 0.1) is 18.6 Å². The molecule has 1 aliphatic rings. The maximum atomic E-state index is 12.9. The van der Waals surface area contributed by atoms with Crippen LogP contribution in [0.5, 0.6) is 0 Å². The van der Waals surface area contributed by atoms with Crippen molar-refractivity contribution in [1.29, 1.82) is 0 Å². The van der Waals surface area contributed by atoms with Gasteiger partial charge < -0.3 is 24.1 Å². The van der Waals surface area contributed by atoms with Crippen LogP contribution >= 0.6 is 0 Å². The fourth-order valence-corrected chi connectivity index (χ4v) is 7.60. The van der Waals surface area contributed by atoms with Crippen molar-refractivity contribution < 1.29 is 36.7 Å². The van der Waals surface area contributed by atoms with E-state index < -0.39 is 46.5 Å². The maximum absolute atomic E-state index is 12.9. The molecule has 53 heavy (non-hydrogen) atoms. The van der Waals surface area contributed by atoms with E-state index in [1.54, 1.807) is 0 Å². The smallest absolute Gasteiger partial charge is 0.303 e. The SMILES string of the molecule is CCc1nc([C@H]2O[C@@H](n3cnc4c(NCC(c5ccccc5)c5ccccc5)nc(CNS(=O)(=O)CC(C)C)nc43)[C@H](OC(C)=O)[C@H]2OC(C)=O)no1. The molecule has 16 nitrogen and oxygen atoms in total. The number of benzene rings is 2. The number of esters is 2. The molecule has 1 fully saturated rings. The number of hydrogen-bond donors (Lipinski definition) is 2. The van der Waals surface area contributed by atoms with Crippen LogP contribution in [-0.2, 0) is 46.8 Å². The fourth-order valence-electron chi connectivity index (χ4n) is 6.26. The summed E-state index contributed by atoms with van der Waals surface area (Å²) in [7, 11) is -3.66. The minimum atomic E-state index is -3.66. The predicted octanol–water partition coefficient (Wildman–Crippen LogP) is 4.22. The van der Waals surface area contributed by atoms with E-state index in [0.717, 1.165) is 11.1 Å². The van der Waals surface area contributed by atoms with Gasteiger partial charge in [0.1, 0.15) is 5.82 Å². The van der Waals surface area contributed by atoms with Crippen molar-refractivity contribution in [3.05, 3.63) is 95.7 Å². The molecule has 2 aromatic carbocycles. The molecule has 280 valence electrons. The Morgan fingerprint density at radius 3 is 2.15 bits per heavy atom. The van der Waals surface area contributed by atoms with Gasteiger partial charge in [0.2, 0.25) is 21.7 Å². The zero-order chi connectivity index (χ0) is 37.7. The molecule has 4 atom stereocenters. The molecule has 2 N–H and O–H groups in total. The number of carbonyl (C=O) groups excluding carboxylic acids is 2. The first kappa shape index (κ1) is 37.5. The van der Waals surface area contributed by atoms with E-state index in [-0.39, 0.29) is 41.4 Å². The first-order valence-corrected chi connectivity index (χ1v) is 18.9. The van der Waals surface area contributed by atoms with Gasteiger partial charge >= 0.3 is 11.9 Å². The molecule has 3 aromatic heterocycles. The van der Waals surface area contributed by atoms with Crippen molar-refractivity contribution in [1.82, 2.24) is 34.4 Å². The van der Waals surface area contributed by atoms with Gasteiger partial charge in [0.25, 0.3) is 0 Å². The Labute approximate surface area is 306 Å². The van der Waals surface area contributed by atoms with E-state index in [4.69, 9.17) is 28.7 Å². The summed E-state index contributed by atoms with van der Waals surface area (Å²) in [6.45, 7) is 8.10. The van der Waals surface area contributed by atoms with Crippen LogP contribution in [0.15, 0.2) is 71.5 Å². The van der Waals surface area contributed by atoms with Gasteiger partial charge in [0, 0.05) is 32.7 Å². The van der Waals surface area contributed by atoms with E-state index in [9.17, 15) is 18.0 Å². The highest BCUT2D eigenvalue weighted by Gasteiger charge is 2.53. The molecule has 0 amide bonds. The lowest BCUT2D eigenvalue weighted by molar-refractivity contribution is -0.165. The van der Waals surface area contributed by atoms with E-state index in [1.165, 1.54) is 24.7 Å². The first-order chi connectivity index (χ1) is 25.4. The third kappa shape index (κ3) is 8.86. The molecule has 0 spiro atoms. The second kappa shape index (κ2) is 16.2. The highest BCUT2D eigenvalue weighted by molar-refractivity contribution is 7.89. The lowest BCUT2D eigenvalue weighted by Crippen LogP contribution is -2.37. The van der Waals surface area contributed by atoms with Crippen LogP contribution in [0, 0.1) is 5.92 Å². The minimum Gasteiger partial charge on any atom is -0.455 e. The summed E-state index contributed by atoms with van der Waals surface area (Å²) in [4.78, 5) is 43.3. The second-order valence-electron chi connectivity index (χ2n) is 13.1. The topological polar surface area (TPSA) is 203 Å². The Hall–Kier alpha value is -5.26. The zero-order valence-corrected chi connectivity index (χ0v) is 30.8. The van der Waals surface area contributed by atoms with Crippen molar-refractivity contribution in [2.75, 3.05) is 17.6 Å². The number of nitrogens with one attached hydrogen (secondary N) is 2. The molecule has 0 saturated carbocycles. The molecule has 4 heterocycles. The third-order valence-corrected chi connectivity index (χ3v) is 10.1. The number of fused-ring (bicyclic) bond motifs is 1. The quantitative estimate of drug-likeness (QED) is 0.144. The van der Waals surface area contributed by atoms with Crippen LogP contribution in [0.1, 0.15) is 81.5 Å². The van der Waals surface area contributed by atoms with Gasteiger partial charge in [-0.3, -0.25) is 14.2 Å². The summed E-state index contributed by atoms with van der Waals surface area (Å²) >= 11 is 0. The van der Waals surface area contributed by atoms with Crippen LogP contribution < -0.4 is 10.0 Å². The summed E-state index contributed by atoms with van der Waals surface area (Å²) in [5.41, 5.74) is 2.72. The summed E-state index contributed by atoms with van der Waals surface area (Å²) in [5.74, 6) is -0.655. The monoisotopic (exact) mass is 746 g/mol. The fraction of sp³-hybridized carbons (Fsp3) is 0.417. The maximum Gasteiger partial charge on any atom is 0.303 e. The number of aromatic nitrogens is 6. The highest BCUT2D eigenvalue weighted by atomic mass is 32.2. The number of hydrogen-bond acceptors (Lipinski definition) is 14. The van der Waals surface area contributed by atoms with Gasteiger partial charge in [-0.2, -0.15) is 4.98 Å². The second-order valence-corrected chi connectivity index (χ2v) is 14.9. The molecular formula is C36H42N8O8S. The molecule has 0 radical (unpaired) electrons. The highest BCUT2D eigenvalue weighted by Crippen LogP contribution is 2.43. The Bertz CT molecular complexity index is 2100. The lowest BCUT2D eigenvalue weighted by atomic mass is 9.91. The Balaban J connectivity index is 1.43. The van der Waals surface area contributed by atoms with E-state index in [2.05, 4.69) is 25.2 Å². The third-order valence-electron chi connectivity index (χ3n) is 8.46. The van der Waals surface area contributed by atoms with Gasteiger partial charge in [-0.1, -0.05) is 86.6 Å². The molecule has 0 aliphatic carbocycles. The van der Waals surface area contributed by atoms with Gasteiger partial charge in [-0.05, 0) is 17.0 Å². The average molecular weight is 747 g/mol. The molecule has 5 aromatic rings. The first-order valence-electron chi connectivity index (χ1n) is 17.3. The normalized spacial score (nSPS) is 18.8. The molecule has 1 saturated heterocycles. The molecule has 0 bridgehead atoms. The van der Waals surface area contributed by atoms with Crippen LogP contribution in [0.3, 0.4) is 0 Å². The summed E-state index contributed by atoms with van der Waals surface area (Å²) in [6.07, 6.45) is -2.69. The van der Waals surface area contributed by atoms with Crippen molar-refractivity contribution in [3.63, 3.8) is 0 Å². The van der Waals surface area contributed by atoms with Crippen LogP contribution in [-0.4, -0.2) is 74.5 Å². The standard InChI is InChI=1S/C36H42N8O8S/c1-6-28-42-34(43-52-28)31-30(49-22(4)45)32(50-23(5)46)36(51-31)44-20-38-29-33(40-27(41-35(29)44)18-39-53(47,48)19-21(2)3)37-17-26(24-13-9-7-10-14-24)25-15-11-8-12-16-25/h7-16,20-21,26,30-32,36,39H,6,17-19H2,1-5H3,(H,37,40,41)/t30-,31-,32+,36+/m0/s1. The average Bonchev–Trinajstić information content (AvgIpc) is 3.85. The number of nitrogens with zero attached hydrogens (tertiary/aromatic N) is 6. The summed E-state index contributed by atoms with van der Waals surface area (Å²) < 4.78 is 53.0. The number of carbonyl (C=O) groups is 2. The van der Waals surface area contributed by atoms with Crippen molar-refractivity contribution in [3.8, 4) is 0 Å². The number of aryl methyl sites for hydroxylation is 1. The Morgan fingerprint density at radius 2 is 1.57 bits per heavy atom. The number of imidazole rings is 1. The molecular weight excluding hydrogens is 705 g/mol. The van der Waals surface area contributed by atoms with Crippen molar-refractivity contribution >= 4 is 38.9 Å². The van der Waals surface area contributed by atoms with Crippen molar-refractivity contribution in [2.45, 2.75) is 78.0 Å². The van der Waals surface area contributed by atoms with Crippen LogP contribution in [0.25, 0.3) is 11.2 Å². The molecule has 0 unspecified atom stereocenters. The zero-order valence-electron chi connectivity index (χ0n) is 30.0. The minimum absolute atomic E-state index is 0.0805. The largest absolute Gasteiger partial charge is 0.455 e. The van der Waals surface area contributed by atoms with Crippen molar-refractivity contribution in [2.24, 2.45) is 5.92 Å². The molecule has 6 rings (SSSR count). The van der Waals surface area contributed by atoms with Gasteiger partial charge in [-0.25, -0.2) is 28.1 Å². The number of ether oxygens (including phenoxy) is 3. The summed E-state index contributed by atoms with van der Waals surface area (Å²) in [5, 5.41) is 7.48. The number of sulfonamides is 1. The predicted molar refractivity (Wildman–Crippen MR) is 192 cm³/mol. The molecule has 1 aliphatic heterocycles. The van der Waals surface area contributed by atoms with E-state index in [0.29, 0.717) is 30.2 Å². The lowest BCUT2D eigenvalue weighted by Gasteiger charge is -2.23. The summed E-state index contributed by atoms with van der Waals surface area (Å²) in [6, 6.07) is 20.0. The van der Waals surface area contributed by atoms with Gasteiger partial charge in [-0.15, -0.1) is 0 Å². The Kier molecular flexibility index (Phi) is 11.4. The van der Waals surface area contributed by atoms with Gasteiger partial charge in [0.15, 0.2) is 41.5 Å². The Morgan fingerprint density at radius 1 is 0.925 bits per heavy atom. The van der Waals surface area contributed by atoms with Crippen LogP contribution in [0.4, 0.5) is 5.82 Å². The number of rotatable bonds is 15. The van der Waals surface area contributed by atoms with Crippen LogP contribution in [0.2, 0.25) is 0 Å².